The Morgan fingerprint density at radius 3 is 2.55 bits per heavy atom. The minimum absolute atomic E-state index is 0.00501. The molecule has 0 aliphatic carbocycles. The highest BCUT2D eigenvalue weighted by molar-refractivity contribution is 7.99. The average Bonchev–Trinajstić information content (AvgIpc) is 3.47. The number of H-pyrrole nitrogens is 1. The molecule has 0 atom stereocenters. The highest BCUT2D eigenvalue weighted by Crippen LogP contribution is 2.33. The van der Waals surface area contributed by atoms with Crippen molar-refractivity contribution in [3.8, 4) is 22.8 Å². The number of halogens is 1. The van der Waals surface area contributed by atoms with Gasteiger partial charge in [-0.2, -0.15) is 0 Å². The van der Waals surface area contributed by atoms with E-state index < -0.39 is 0 Å². The summed E-state index contributed by atoms with van der Waals surface area (Å²) in [4.78, 5) is 16.0. The fourth-order valence-corrected chi connectivity index (χ4v) is 4.58. The van der Waals surface area contributed by atoms with Crippen LogP contribution in [0.25, 0.3) is 28.0 Å². The second-order valence-electron chi connectivity index (χ2n) is 7.31. The summed E-state index contributed by atoms with van der Waals surface area (Å²) in [5, 5.41) is 11.2. The van der Waals surface area contributed by atoms with Crippen molar-refractivity contribution in [3.05, 3.63) is 89.6 Å². The molecule has 5 aromatic rings. The van der Waals surface area contributed by atoms with E-state index in [-0.39, 0.29) is 11.5 Å². The normalized spacial score (nSPS) is 11.1. The van der Waals surface area contributed by atoms with Crippen LogP contribution < -0.4 is 4.74 Å². The van der Waals surface area contributed by atoms with E-state index in [9.17, 15) is 4.79 Å². The number of para-hydroxylation sites is 1. The summed E-state index contributed by atoms with van der Waals surface area (Å²) in [7, 11) is 1.63. The van der Waals surface area contributed by atoms with Crippen LogP contribution in [0.1, 0.15) is 10.4 Å². The molecular weight excluding hydrogens is 456 g/mol. The zero-order valence-electron chi connectivity index (χ0n) is 17.7. The molecule has 0 bridgehead atoms. The molecule has 5 rings (SSSR count). The van der Waals surface area contributed by atoms with Crippen LogP contribution in [0.4, 0.5) is 0 Å². The molecule has 0 amide bonds. The second kappa shape index (κ2) is 9.13. The molecule has 3 aromatic carbocycles. The van der Waals surface area contributed by atoms with Gasteiger partial charge in [-0.3, -0.25) is 9.36 Å². The lowest BCUT2D eigenvalue weighted by Gasteiger charge is -2.11. The number of ether oxygens (including phenoxy) is 1. The van der Waals surface area contributed by atoms with Crippen LogP contribution in [0, 0.1) is 0 Å². The third-order valence-corrected chi connectivity index (χ3v) is 6.47. The monoisotopic (exact) mass is 474 g/mol. The number of hydrogen-bond donors (Lipinski definition) is 1. The van der Waals surface area contributed by atoms with E-state index in [1.165, 1.54) is 11.8 Å². The molecule has 0 radical (unpaired) electrons. The summed E-state index contributed by atoms with van der Waals surface area (Å²) in [6, 6.07) is 22.6. The molecule has 0 unspecified atom stereocenters. The van der Waals surface area contributed by atoms with Gasteiger partial charge < -0.3 is 9.72 Å². The predicted octanol–water partition coefficient (Wildman–Crippen LogP) is 6.05. The lowest BCUT2D eigenvalue weighted by atomic mass is 10.1. The van der Waals surface area contributed by atoms with Gasteiger partial charge in [-0.25, -0.2) is 0 Å². The van der Waals surface area contributed by atoms with Crippen molar-refractivity contribution in [2.45, 2.75) is 5.16 Å². The van der Waals surface area contributed by atoms with Crippen LogP contribution in [0.2, 0.25) is 5.02 Å². The zero-order valence-corrected chi connectivity index (χ0v) is 19.2. The minimum atomic E-state index is -0.00501. The van der Waals surface area contributed by atoms with Crippen molar-refractivity contribution in [2.24, 2.45) is 0 Å². The standard InChI is InChI=1S/C25H19ClN4O2S/c1-32-19-12-10-18(11-13-19)30-24(21-14-27-22-5-3-2-4-20(21)22)28-29-25(30)33-15-23(31)16-6-8-17(26)9-7-16/h2-14,27H,15H2,1H3. The number of fused-ring (bicyclic) bond motifs is 1. The molecule has 0 saturated heterocycles. The number of methoxy groups -OCH3 is 1. The Hall–Kier alpha value is -3.55. The first-order valence-corrected chi connectivity index (χ1v) is 11.6. The van der Waals surface area contributed by atoms with Gasteiger partial charge in [0.1, 0.15) is 5.75 Å². The van der Waals surface area contributed by atoms with Gasteiger partial charge in [0, 0.05) is 38.9 Å². The maximum atomic E-state index is 12.7. The highest BCUT2D eigenvalue weighted by Gasteiger charge is 2.20. The van der Waals surface area contributed by atoms with E-state index in [0.29, 0.717) is 21.6 Å². The van der Waals surface area contributed by atoms with E-state index in [4.69, 9.17) is 16.3 Å². The predicted molar refractivity (Wildman–Crippen MR) is 132 cm³/mol. The molecule has 0 aliphatic rings. The molecular formula is C25H19ClN4O2S. The van der Waals surface area contributed by atoms with Gasteiger partial charge in [0.05, 0.1) is 12.9 Å². The molecule has 2 heterocycles. The van der Waals surface area contributed by atoms with E-state index in [1.54, 1.807) is 31.4 Å². The molecule has 0 aliphatic heterocycles. The molecule has 0 fully saturated rings. The van der Waals surface area contributed by atoms with E-state index in [0.717, 1.165) is 27.9 Å². The molecule has 0 spiro atoms. The van der Waals surface area contributed by atoms with E-state index >= 15 is 0 Å². The van der Waals surface area contributed by atoms with Gasteiger partial charge in [-0.05, 0) is 54.6 Å². The Balaban J connectivity index is 1.53. The molecule has 8 heteroatoms. The number of hydrogen-bond acceptors (Lipinski definition) is 5. The number of benzene rings is 3. The topological polar surface area (TPSA) is 72.8 Å². The summed E-state index contributed by atoms with van der Waals surface area (Å²) in [6.45, 7) is 0. The number of nitrogens with zero attached hydrogens (tertiary/aromatic N) is 3. The number of nitrogens with one attached hydrogen (secondary N) is 1. The largest absolute Gasteiger partial charge is 0.497 e. The number of Topliss-reactive ketones (excluding diaryl/α,β-unsaturated/α-hetero) is 1. The Morgan fingerprint density at radius 2 is 1.79 bits per heavy atom. The lowest BCUT2D eigenvalue weighted by Crippen LogP contribution is -2.05. The molecule has 6 nitrogen and oxygen atoms in total. The number of thioether (sulfide) groups is 1. The Morgan fingerprint density at radius 1 is 1.03 bits per heavy atom. The molecule has 33 heavy (non-hydrogen) atoms. The van der Waals surface area contributed by atoms with Crippen molar-refractivity contribution >= 4 is 40.0 Å². The van der Waals surface area contributed by atoms with Crippen LogP contribution in [0.3, 0.4) is 0 Å². The zero-order chi connectivity index (χ0) is 22.8. The molecule has 0 saturated carbocycles. The van der Waals surface area contributed by atoms with Gasteiger partial charge in [-0.1, -0.05) is 41.6 Å². The van der Waals surface area contributed by atoms with Gasteiger partial charge >= 0.3 is 0 Å². The maximum Gasteiger partial charge on any atom is 0.196 e. The third-order valence-electron chi connectivity index (χ3n) is 5.29. The van der Waals surface area contributed by atoms with Crippen LogP contribution in [-0.2, 0) is 0 Å². The quantitative estimate of drug-likeness (QED) is 0.229. The van der Waals surface area contributed by atoms with Crippen LogP contribution >= 0.6 is 23.4 Å². The summed E-state index contributed by atoms with van der Waals surface area (Å²) in [5.74, 6) is 1.67. The summed E-state index contributed by atoms with van der Waals surface area (Å²) in [6.07, 6.45) is 1.93. The average molecular weight is 475 g/mol. The number of carbonyl (C=O) groups is 1. The van der Waals surface area contributed by atoms with Crippen molar-refractivity contribution in [1.82, 2.24) is 19.7 Å². The summed E-state index contributed by atoms with van der Waals surface area (Å²) >= 11 is 7.29. The first-order valence-electron chi connectivity index (χ1n) is 10.2. The van der Waals surface area contributed by atoms with Crippen molar-refractivity contribution in [3.63, 3.8) is 0 Å². The first-order chi connectivity index (χ1) is 16.1. The number of rotatable bonds is 7. The molecule has 2 aromatic heterocycles. The maximum absolute atomic E-state index is 12.7. The van der Waals surface area contributed by atoms with Crippen molar-refractivity contribution < 1.29 is 9.53 Å². The number of ketones is 1. The first kappa shape index (κ1) is 21.3. The molecule has 1 N–H and O–H groups in total. The second-order valence-corrected chi connectivity index (χ2v) is 8.69. The van der Waals surface area contributed by atoms with Crippen LogP contribution in [-0.4, -0.2) is 38.4 Å². The molecule has 164 valence electrons. The van der Waals surface area contributed by atoms with Gasteiger partial charge in [0.15, 0.2) is 16.8 Å². The fourth-order valence-electron chi connectivity index (χ4n) is 3.61. The fraction of sp³-hybridized carbons (Fsp3) is 0.0800. The number of aromatic amines is 1. The smallest absolute Gasteiger partial charge is 0.196 e. The minimum Gasteiger partial charge on any atom is -0.497 e. The number of aromatic nitrogens is 4. The Kier molecular flexibility index (Phi) is 5.90. The van der Waals surface area contributed by atoms with Crippen LogP contribution in [0.15, 0.2) is 84.1 Å². The van der Waals surface area contributed by atoms with Crippen LogP contribution in [0.5, 0.6) is 5.75 Å². The third kappa shape index (κ3) is 4.25. The Labute approximate surface area is 199 Å². The lowest BCUT2D eigenvalue weighted by molar-refractivity contribution is 0.102. The van der Waals surface area contributed by atoms with Gasteiger partial charge in [-0.15, -0.1) is 10.2 Å². The summed E-state index contributed by atoms with van der Waals surface area (Å²) in [5.41, 5.74) is 3.44. The van der Waals surface area contributed by atoms with Gasteiger partial charge in [0.2, 0.25) is 0 Å². The Bertz CT molecular complexity index is 1430. The van der Waals surface area contributed by atoms with Crippen molar-refractivity contribution in [2.75, 3.05) is 12.9 Å². The summed E-state index contributed by atoms with van der Waals surface area (Å²) < 4.78 is 7.28. The van der Waals surface area contributed by atoms with Crippen molar-refractivity contribution in [1.29, 1.82) is 0 Å². The van der Waals surface area contributed by atoms with E-state index in [1.807, 2.05) is 59.3 Å². The highest BCUT2D eigenvalue weighted by atomic mass is 35.5. The van der Waals surface area contributed by atoms with E-state index in [2.05, 4.69) is 15.2 Å². The number of carbonyl (C=O) groups excluding carboxylic acids is 1. The van der Waals surface area contributed by atoms with Gasteiger partial charge in [0.25, 0.3) is 0 Å². The SMILES string of the molecule is COc1ccc(-n2c(SCC(=O)c3ccc(Cl)cc3)nnc2-c2c[nH]c3ccccc23)cc1.